The predicted molar refractivity (Wildman–Crippen MR) is 55.5 cm³/mol. The second-order valence-electron chi connectivity index (χ2n) is 3.37. The van der Waals surface area contributed by atoms with Crippen molar-refractivity contribution in [3.8, 4) is 0 Å². The van der Waals surface area contributed by atoms with Gasteiger partial charge in [-0.15, -0.1) is 0 Å². The van der Waals surface area contributed by atoms with Crippen LogP contribution in [0, 0.1) is 0 Å². The number of hydrogen-bond donors (Lipinski definition) is 3. The van der Waals surface area contributed by atoms with Crippen LogP contribution in [0.2, 0.25) is 0 Å². The van der Waals surface area contributed by atoms with Gasteiger partial charge in [-0.05, 0) is 6.92 Å². The molecule has 3 N–H and O–H groups in total. The van der Waals surface area contributed by atoms with Crippen LogP contribution in [0.25, 0.3) is 0 Å². The summed E-state index contributed by atoms with van der Waals surface area (Å²) in [6.07, 6.45) is 0.785. The van der Waals surface area contributed by atoms with E-state index < -0.39 is 5.54 Å². The summed E-state index contributed by atoms with van der Waals surface area (Å²) in [6.45, 7) is 3.40. The van der Waals surface area contributed by atoms with Gasteiger partial charge in [0.2, 0.25) is 5.13 Å². The van der Waals surface area contributed by atoms with Gasteiger partial charge in [-0.1, -0.05) is 6.92 Å². The number of aliphatic hydroxyl groups is 2. The molecule has 0 atom stereocenters. The molecular weight excluding hydrogens is 202 g/mol. The van der Waals surface area contributed by atoms with E-state index in [2.05, 4.69) is 14.7 Å². The third kappa shape index (κ3) is 2.63. The Morgan fingerprint density at radius 1 is 1.43 bits per heavy atom. The Morgan fingerprint density at radius 2 is 2.07 bits per heavy atom. The molecule has 0 saturated carbocycles. The third-order valence-corrected chi connectivity index (χ3v) is 2.56. The van der Waals surface area contributed by atoms with E-state index in [1.165, 1.54) is 11.5 Å². The fourth-order valence-electron chi connectivity index (χ4n) is 0.836. The molecule has 1 heterocycles. The van der Waals surface area contributed by atoms with Crippen LogP contribution in [0.15, 0.2) is 0 Å². The summed E-state index contributed by atoms with van der Waals surface area (Å²) >= 11 is 1.24. The van der Waals surface area contributed by atoms with Crippen LogP contribution in [0.1, 0.15) is 19.7 Å². The maximum Gasteiger partial charge on any atom is 0.203 e. The molecule has 0 aliphatic heterocycles. The van der Waals surface area contributed by atoms with Crippen molar-refractivity contribution in [3.63, 3.8) is 0 Å². The first-order valence-electron chi connectivity index (χ1n) is 4.46. The quantitative estimate of drug-likeness (QED) is 0.659. The lowest BCUT2D eigenvalue weighted by atomic mass is 10.1. The smallest absolute Gasteiger partial charge is 0.203 e. The molecule has 0 aliphatic carbocycles. The maximum absolute atomic E-state index is 9.04. The highest BCUT2D eigenvalue weighted by molar-refractivity contribution is 7.09. The van der Waals surface area contributed by atoms with Crippen molar-refractivity contribution in [1.29, 1.82) is 0 Å². The van der Waals surface area contributed by atoms with E-state index in [-0.39, 0.29) is 13.2 Å². The van der Waals surface area contributed by atoms with Crippen molar-refractivity contribution < 1.29 is 10.2 Å². The number of hydrogen-bond acceptors (Lipinski definition) is 6. The molecule has 0 amide bonds. The van der Waals surface area contributed by atoms with Crippen molar-refractivity contribution in [2.24, 2.45) is 0 Å². The van der Waals surface area contributed by atoms with Gasteiger partial charge in [-0.3, -0.25) is 0 Å². The average Bonchev–Trinajstić information content (AvgIpc) is 2.65. The van der Waals surface area contributed by atoms with Gasteiger partial charge in [0, 0.05) is 18.0 Å². The molecule has 1 aromatic heterocycles. The fraction of sp³-hybridized carbons (Fsp3) is 0.750. The van der Waals surface area contributed by atoms with Gasteiger partial charge in [0.1, 0.15) is 5.82 Å². The van der Waals surface area contributed by atoms with E-state index in [9.17, 15) is 0 Å². The molecule has 0 aliphatic rings. The minimum absolute atomic E-state index is 0.148. The minimum atomic E-state index is -0.732. The van der Waals surface area contributed by atoms with Crippen LogP contribution in [0.4, 0.5) is 5.13 Å². The molecule has 5 nitrogen and oxygen atoms in total. The van der Waals surface area contributed by atoms with Gasteiger partial charge in [-0.2, -0.15) is 4.37 Å². The number of nitrogens with zero attached hydrogens (tertiary/aromatic N) is 2. The van der Waals surface area contributed by atoms with E-state index >= 15 is 0 Å². The monoisotopic (exact) mass is 217 g/mol. The van der Waals surface area contributed by atoms with Gasteiger partial charge in [-0.25, -0.2) is 4.98 Å². The number of nitrogens with one attached hydrogen (secondary N) is 1. The summed E-state index contributed by atoms with van der Waals surface area (Å²) < 4.78 is 4.09. The molecule has 0 fully saturated rings. The second kappa shape index (κ2) is 4.68. The number of aryl methyl sites for hydroxylation is 1. The van der Waals surface area contributed by atoms with Gasteiger partial charge in [0.15, 0.2) is 0 Å². The topological polar surface area (TPSA) is 78.3 Å². The molecule has 0 aromatic carbocycles. The number of aliphatic hydroxyl groups excluding tert-OH is 2. The lowest BCUT2D eigenvalue weighted by molar-refractivity contribution is 0.147. The highest BCUT2D eigenvalue weighted by atomic mass is 32.1. The molecule has 6 heteroatoms. The molecule has 1 rings (SSSR count). The molecule has 0 radical (unpaired) electrons. The molecule has 80 valence electrons. The van der Waals surface area contributed by atoms with Crippen LogP contribution in [0.5, 0.6) is 0 Å². The van der Waals surface area contributed by atoms with Crippen LogP contribution in [0.3, 0.4) is 0 Å². The second-order valence-corrected chi connectivity index (χ2v) is 4.12. The number of anilines is 1. The van der Waals surface area contributed by atoms with Crippen molar-refractivity contribution in [2.45, 2.75) is 25.8 Å². The Bertz CT molecular complexity index is 286. The van der Waals surface area contributed by atoms with Crippen molar-refractivity contribution >= 4 is 16.7 Å². The zero-order valence-corrected chi connectivity index (χ0v) is 9.13. The van der Waals surface area contributed by atoms with Gasteiger partial charge in [0.25, 0.3) is 0 Å². The Hall–Kier alpha value is -0.720. The standard InChI is InChI=1S/C8H15N3O2S/c1-3-6-9-7(14-11-6)10-8(2,4-12)5-13/h12-13H,3-5H2,1-2H3,(H,9,10,11). The summed E-state index contributed by atoms with van der Waals surface area (Å²) in [5.41, 5.74) is -0.732. The summed E-state index contributed by atoms with van der Waals surface area (Å²) in [4.78, 5) is 4.18. The molecule has 0 bridgehead atoms. The van der Waals surface area contributed by atoms with E-state index in [1.54, 1.807) is 6.92 Å². The third-order valence-electron chi connectivity index (χ3n) is 1.89. The van der Waals surface area contributed by atoms with E-state index in [0.29, 0.717) is 5.13 Å². The maximum atomic E-state index is 9.04. The van der Waals surface area contributed by atoms with Gasteiger partial charge in [0.05, 0.1) is 18.8 Å². The first-order chi connectivity index (χ1) is 6.63. The zero-order chi connectivity index (χ0) is 10.6. The lowest BCUT2D eigenvalue weighted by Crippen LogP contribution is -2.42. The summed E-state index contributed by atoms with van der Waals surface area (Å²) in [5, 5.41) is 21.7. The average molecular weight is 217 g/mol. The Kier molecular flexibility index (Phi) is 3.79. The van der Waals surface area contributed by atoms with Crippen molar-refractivity contribution in [1.82, 2.24) is 9.36 Å². The molecular formula is C8H15N3O2S. The molecule has 0 saturated heterocycles. The number of rotatable bonds is 5. The normalized spacial score (nSPS) is 11.7. The summed E-state index contributed by atoms with van der Waals surface area (Å²) in [6, 6.07) is 0. The highest BCUT2D eigenvalue weighted by Crippen LogP contribution is 2.17. The molecule has 1 aromatic rings. The first kappa shape index (κ1) is 11.4. The van der Waals surface area contributed by atoms with Crippen LogP contribution in [-0.4, -0.2) is 38.3 Å². The van der Waals surface area contributed by atoms with Crippen molar-refractivity contribution in [3.05, 3.63) is 5.82 Å². The van der Waals surface area contributed by atoms with E-state index in [0.717, 1.165) is 12.2 Å². The lowest BCUT2D eigenvalue weighted by Gasteiger charge is -2.25. The first-order valence-corrected chi connectivity index (χ1v) is 5.23. The summed E-state index contributed by atoms with van der Waals surface area (Å²) in [7, 11) is 0. The number of aromatic nitrogens is 2. The Morgan fingerprint density at radius 3 is 2.50 bits per heavy atom. The molecule has 0 spiro atoms. The van der Waals surface area contributed by atoms with E-state index in [4.69, 9.17) is 10.2 Å². The highest BCUT2D eigenvalue weighted by Gasteiger charge is 2.23. The minimum Gasteiger partial charge on any atom is -0.394 e. The van der Waals surface area contributed by atoms with Crippen LogP contribution in [-0.2, 0) is 6.42 Å². The molecule has 14 heavy (non-hydrogen) atoms. The SMILES string of the molecule is CCc1nsc(NC(C)(CO)CO)n1. The zero-order valence-electron chi connectivity index (χ0n) is 8.32. The largest absolute Gasteiger partial charge is 0.394 e. The van der Waals surface area contributed by atoms with Crippen LogP contribution < -0.4 is 5.32 Å². The van der Waals surface area contributed by atoms with Gasteiger partial charge >= 0.3 is 0 Å². The van der Waals surface area contributed by atoms with Crippen molar-refractivity contribution in [2.75, 3.05) is 18.5 Å². The Labute approximate surface area is 87.0 Å². The van der Waals surface area contributed by atoms with Gasteiger partial charge < -0.3 is 15.5 Å². The Balaban J connectivity index is 2.67. The summed E-state index contributed by atoms with van der Waals surface area (Å²) in [5.74, 6) is 0.774. The fourth-order valence-corrected chi connectivity index (χ4v) is 1.64. The molecule has 0 unspecified atom stereocenters. The predicted octanol–water partition coefficient (Wildman–Crippen LogP) is 0.256. The van der Waals surface area contributed by atoms with E-state index in [1.807, 2.05) is 6.92 Å². The van der Waals surface area contributed by atoms with Crippen LogP contribution >= 0.6 is 11.5 Å².